The molecule has 3 heterocycles. The molecule has 7 nitrogen and oxygen atoms in total. The van der Waals surface area contributed by atoms with Crippen molar-refractivity contribution in [1.29, 1.82) is 5.41 Å². The Hall–Kier alpha value is -3.52. The molecule has 0 bridgehead atoms. The summed E-state index contributed by atoms with van der Waals surface area (Å²) in [7, 11) is -4.02. The van der Waals surface area contributed by atoms with Crippen LogP contribution in [0.3, 0.4) is 0 Å². The Balaban J connectivity index is 2.16. The van der Waals surface area contributed by atoms with Crippen molar-refractivity contribution in [3.63, 3.8) is 0 Å². The molecular weight excluding hydrogens is 400 g/mol. The van der Waals surface area contributed by atoms with Crippen LogP contribution in [0, 0.1) is 19.3 Å². The van der Waals surface area contributed by atoms with Crippen LogP contribution in [0.25, 0.3) is 16.7 Å². The highest BCUT2D eigenvalue weighted by atomic mass is 32.2. The van der Waals surface area contributed by atoms with Crippen LogP contribution in [-0.4, -0.2) is 22.4 Å². The monoisotopic (exact) mass is 420 g/mol. The van der Waals surface area contributed by atoms with E-state index in [0.717, 1.165) is 11.1 Å². The number of rotatable bonds is 4. The van der Waals surface area contributed by atoms with Gasteiger partial charge in [-0.15, -0.1) is 6.58 Å². The third-order valence-electron chi connectivity index (χ3n) is 5.03. The predicted molar refractivity (Wildman–Crippen MR) is 114 cm³/mol. The first-order valence-corrected chi connectivity index (χ1v) is 10.8. The SMILES string of the molecule is C=CCn1c(=N)c(S(=O)(=O)c2ccc(C)cc2)cc2c(=O)n3cccc(C)c3nc21. The molecule has 1 aromatic carbocycles. The molecular formula is C22H20N4O3S. The van der Waals surface area contributed by atoms with Gasteiger partial charge in [-0.1, -0.05) is 29.8 Å². The summed E-state index contributed by atoms with van der Waals surface area (Å²) in [6, 6.07) is 11.2. The van der Waals surface area contributed by atoms with Crippen molar-refractivity contribution in [2.24, 2.45) is 0 Å². The van der Waals surface area contributed by atoms with E-state index in [2.05, 4.69) is 11.6 Å². The van der Waals surface area contributed by atoms with Gasteiger partial charge in [0.15, 0.2) is 0 Å². The van der Waals surface area contributed by atoms with E-state index in [-0.39, 0.29) is 32.9 Å². The van der Waals surface area contributed by atoms with Crippen molar-refractivity contribution in [2.45, 2.75) is 30.2 Å². The minimum atomic E-state index is -4.02. The fourth-order valence-corrected chi connectivity index (χ4v) is 4.81. The van der Waals surface area contributed by atoms with Gasteiger partial charge in [0, 0.05) is 12.7 Å². The van der Waals surface area contributed by atoms with Gasteiger partial charge in [-0.3, -0.25) is 14.6 Å². The van der Waals surface area contributed by atoms with Crippen molar-refractivity contribution in [3.8, 4) is 0 Å². The molecule has 0 aliphatic heterocycles. The highest BCUT2D eigenvalue weighted by Crippen LogP contribution is 2.21. The van der Waals surface area contributed by atoms with Crippen LogP contribution >= 0.6 is 0 Å². The Bertz CT molecular complexity index is 1550. The normalized spacial score (nSPS) is 11.8. The third kappa shape index (κ3) is 2.96. The summed E-state index contributed by atoms with van der Waals surface area (Å²) < 4.78 is 29.4. The lowest BCUT2D eigenvalue weighted by Crippen LogP contribution is -2.29. The molecule has 4 rings (SSSR count). The van der Waals surface area contributed by atoms with E-state index in [4.69, 9.17) is 5.41 Å². The number of hydrogen-bond acceptors (Lipinski definition) is 5. The van der Waals surface area contributed by atoms with Crippen LogP contribution < -0.4 is 11.0 Å². The molecule has 0 spiro atoms. The molecule has 0 radical (unpaired) electrons. The summed E-state index contributed by atoms with van der Waals surface area (Å²) in [4.78, 5) is 17.6. The zero-order valence-electron chi connectivity index (χ0n) is 16.6. The number of allylic oxidation sites excluding steroid dienone is 1. The number of pyridine rings is 2. The van der Waals surface area contributed by atoms with Crippen molar-refractivity contribution in [3.05, 3.63) is 88.3 Å². The number of sulfone groups is 1. The molecule has 0 saturated carbocycles. The minimum Gasteiger partial charge on any atom is -0.306 e. The summed E-state index contributed by atoms with van der Waals surface area (Å²) in [6.07, 6.45) is 3.14. The standard InChI is InChI=1S/C22H20N4O3S/c1-4-11-25-19(23)18(30(28,29)16-9-7-14(2)8-10-16)13-17-21(25)24-20-15(3)6-5-12-26(20)22(17)27/h4-10,12-13,23H,1,11H2,2-3H3. The first-order chi connectivity index (χ1) is 14.3. The van der Waals surface area contributed by atoms with Gasteiger partial charge in [-0.2, -0.15) is 0 Å². The predicted octanol–water partition coefficient (Wildman–Crippen LogP) is 2.76. The highest BCUT2D eigenvalue weighted by molar-refractivity contribution is 7.91. The van der Waals surface area contributed by atoms with Gasteiger partial charge in [0.25, 0.3) is 5.56 Å². The number of fused-ring (bicyclic) bond motifs is 2. The lowest BCUT2D eigenvalue weighted by molar-refractivity contribution is 0.591. The van der Waals surface area contributed by atoms with Gasteiger partial charge >= 0.3 is 0 Å². The average Bonchev–Trinajstić information content (AvgIpc) is 2.71. The molecule has 8 heteroatoms. The van der Waals surface area contributed by atoms with Crippen LogP contribution in [0.15, 0.2) is 75.9 Å². The molecule has 0 atom stereocenters. The molecule has 0 unspecified atom stereocenters. The topological polar surface area (TPSA) is 97.3 Å². The van der Waals surface area contributed by atoms with Crippen LogP contribution in [-0.2, 0) is 16.4 Å². The summed E-state index contributed by atoms with van der Waals surface area (Å²) in [6.45, 7) is 7.54. The lowest BCUT2D eigenvalue weighted by atomic mass is 10.2. The Morgan fingerprint density at radius 1 is 1.13 bits per heavy atom. The molecule has 0 aliphatic rings. The highest BCUT2D eigenvalue weighted by Gasteiger charge is 2.24. The third-order valence-corrected chi connectivity index (χ3v) is 6.81. The zero-order chi connectivity index (χ0) is 21.6. The fraction of sp³-hybridized carbons (Fsp3) is 0.136. The molecule has 4 aromatic rings. The number of nitrogens with one attached hydrogen (secondary N) is 1. The van der Waals surface area contributed by atoms with Crippen molar-refractivity contribution >= 4 is 26.5 Å². The maximum absolute atomic E-state index is 13.3. The van der Waals surface area contributed by atoms with Crippen molar-refractivity contribution < 1.29 is 8.42 Å². The second-order valence-corrected chi connectivity index (χ2v) is 9.03. The molecule has 3 aromatic heterocycles. The smallest absolute Gasteiger partial charge is 0.267 e. The van der Waals surface area contributed by atoms with Crippen LogP contribution in [0.4, 0.5) is 0 Å². The second-order valence-electron chi connectivity index (χ2n) is 7.11. The summed E-state index contributed by atoms with van der Waals surface area (Å²) in [5.74, 6) is 0. The number of hydrogen-bond donors (Lipinski definition) is 1. The van der Waals surface area contributed by atoms with Crippen molar-refractivity contribution in [2.75, 3.05) is 0 Å². The fourth-order valence-electron chi connectivity index (χ4n) is 3.43. The Morgan fingerprint density at radius 3 is 2.50 bits per heavy atom. The van der Waals surface area contributed by atoms with E-state index in [1.54, 1.807) is 30.5 Å². The van der Waals surface area contributed by atoms with E-state index >= 15 is 0 Å². The zero-order valence-corrected chi connectivity index (χ0v) is 17.4. The van der Waals surface area contributed by atoms with Gasteiger partial charge in [0.1, 0.15) is 21.7 Å². The number of aryl methyl sites for hydroxylation is 2. The number of aromatic nitrogens is 3. The van der Waals surface area contributed by atoms with Gasteiger partial charge < -0.3 is 4.57 Å². The first-order valence-electron chi connectivity index (χ1n) is 9.28. The molecule has 0 saturated heterocycles. The van der Waals surface area contributed by atoms with Crippen LogP contribution in [0.2, 0.25) is 0 Å². The quantitative estimate of drug-likeness (QED) is 0.405. The van der Waals surface area contributed by atoms with Gasteiger partial charge in [-0.05, 0) is 43.7 Å². The molecule has 0 fully saturated rings. The van der Waals surface area contributed by atoms with E-state index < -0.39 is 15.4 Å². The first kappa shape index (κ1) is 19.8. The van der Waals surface area contributed by atoms with E-state index in [0.29, 0.717) is 5.65 Å². The summed E-state index contributed by atoms with van der Waals surface area (Å²) >= 11 is 0. The Labute approximate surface area is 173 Å². The molecule has 152 valence electrons. The summed E-state index contributed by atoms with van der Waals surface area (Å²) in [5, 5.41) is 8.73. The van der Waals surface area contributed by atoms with Gasteiger partial charge in [-0.25, -0.2) is 13.4 Å². The van der Waals surface area contributed by atoms with Gasteiger partial charge in [0.05, 0.1) is 10.3 Å². The number of benzene rings is 1. The van der Waals surface area contributed by atoms with Gasteiger partial charge in [0.2, 0.25) is 9.84 Å². The van der Waals surface area contributed by atoms with Crippen LogP contribution in [0.5, 0.6) is 0 Å². The van der Waals surface area contributed by atoms with Crippen LogP contribution in [0.1, 0.15) is 11.1 Å². The average molecular weight is 420 g/mol. The minimum absolute atomic E-state index is 0.0656. The van der Waals surface area contributed by atoms with E-state index in [1.165, 1.54) is 27.2 Å². The Morgan fingerprint density at radius 2 is 1.83 bits per heavy atom. The second kappa shape index (κ2) is 7.07. The lowest BCUT2D eigenvalue weighted by Gasteiger charge is -2.14. The van der Waals surface area contributed by atoms with E-state index in [9.17, 15) is 13.2 Å². The Kier molecular flexibility index (Phi) is 4.66. The molecule has 0 amide bonds. The number of nitrogens with zero attached hydrogens (tertiary/aromatic N) is 3. The molecule has 30 heavy (non-hydrogen) atoms. The largest absolute Gasteiger partial charge is 0.306 e. The van der Waals surface area contributed by atoms with Crippen molar-refractivity contribution in [1.82, 2.24) is 14.0 Å². The van der Waals surface area contributed by atoms with E-state index in [1.807, 2.05) is 19.9 Å². The summed E-state index contributed by atoms with van der Waals surface area (Å²) in [5.41, 5.74) is 1.79. The molecule has 0 aliphatic carbocycles. The maximum atomic E-state index is 13.3. The maximum Gasteiger partial charge on any atom is 0.267 e. The molecule has 1 N–H and O–H groups in total.